The Kier molecular flexibility index (Phi) is 4.22. The quantitative estimate of drug-likeness (QED) is 0.745. The normalized spacial score (nSPS) is 30.1. The molecule has 2 aliphatic rings. The molecule has 20 heavy (non-hydrogen) atoms. The van der Waals surface area contributed by atoms with Crippen LogP contribution in [0, 0.1) is 0 Å². The fourth-order valence-electron chi connectivity index (χ4n) is 2.87. The van der Waals surface area contributed by atoms with Crippen LogP contribution in [-0.2, 0) is 14.6 Å². The van der Waals surface area contributed by atoms with E-state index in [4.69, 9.17) is 0 Å². The van der Waals surface area contributed by atoms with Crippen molar-refractivity contribution in [3.63, 3.8) is 0 Å². The van der Waals surface area contributed by atoms with Gasteiger partial charge in [0.15, 0.2) is 9.84 Å². The number of carbonyl (C=O) groups is 2. The Morgan fingerprint density at radius 1 is 1.15 bits per heavy atom. The second kappa shape index (κ2) is 5.59. The molecule has 8 heteroatoms. The largest absolute Gasteiger partial charge is 0.480 e. The number of carbonyl (C=O) groups excluding carboxylic acids is 1. The monoisotopic (exact) mass is 304 g/mol. The first-order chi connectivity index (χ1) is 9.32. The molecule has 0 bridgehead atoms. The summed E-state index contributed by atoms with van der Waals surface area (Å²) in [4.78, 5) is 26.6. The third kappa shape index (κ3) is 3.05. The van der Waals surface area contributed by atoms with Gasteiger partial charge in [-0.15, -0.1) is 0 Å². The van der Waals surface area contributed by atoms with Crippen LogP contribution in [0.1, 0.15) is 26.2 Å². The van der Waals surface area contributed by atoms with Crippen LogP contribution in [0.5, 0.6) is 0 Å². The topological polar surface area (TPSA) is 95.0 Å². The number of aliphatic carboxylic acids is 1. The molecule has 0 aromatic carbocycles. The highest BCUT2D eigenvalue weighted by Gasteiger charge is 2.38. The molecule has 2 amide bonds. The number of nitrogens with zero attached hydrogens (tertiary/aromatic N) is 2. The maximum atomic E-state index is 12.5. The average molecular weight is 304 g/mol. The summed E-state index contributed by atoms with van der Waals surface area (Å²) < 4.78 is 23.1. The Morgan fingerprint density at radius 2 is 1.85 bits per heavy atom. The summed E-state index contributed by atoms with van der Waals surface area (Å²) in [6.07, 6.45) is 2.04. The number of urea groups is 1. The van der Waals surface area contributed by atoms with Crippen LogP contribution >= 0.6 is 0 Å². The molecule has 7 nitrogen and oxygen atoms in total. The summed E-state index contributed by atoms with van der Waals surface area (Å²) >= 11 is 0. The smallest absolute Gasteiger partial charge is 0.326 e. The lowest BCUT2D eigenvalue weighted by Crippen LogP contribution is -2.58. The number of likely N-dealkylation sites (tertiary alicyclic amines) is 1. The molecule has 0 aromatic rings. The van der Waals surface area contributed by atoms with Gasteiger partial charge in [0, 0.05) is 19.1 Å². The van der Waals surface area contributed by atoms with Crippen molar-refractivity contribution in [1.29, 1.82) is 0 Å². The van der Waals surface area contributed by atoms with Crippen LogP contribution in [-0.4, -0.2) is 72.0 Å². The number of hydrogen-bond donors (Lipinski definition) is 1. The third-order valence-electron chi connectivity index (χ3n) is 3.95. The van der Waals surface area contributed by atoms with Gasteiger partial charge in [-0.05, 0) is 26.2 Å². The molecular weight excluding hydrogens is 284 g/mol. The lowest BCUT2D eigenvalue weighted by Gasteiger charge is -2.40. The number of carboxylic acids is 1. The first-order valence-electron chi connectivity index (χ1n) is 6.82. The Hall–Kier alpha value is -1.31. The molecule has 0 aliphatic carbocycles. The van der Waals surface area contributed by atoms with Gasteiger partial charge < -0.3 is 14.9 Å². The van der Waals surface area contributed by atoms with E-state index in [2.05, 4.69) is 0 Å². The number of amides is 2. The molecular formula is C12H20N2O5S. The highest BCUT2D eigenvalue weighted by molar-refractivity contribution is 7.91. The summed E-state index contributed by atoms with van der Waals surface area (Å²) in [6, 6.07) is -1.54. The first-order valence-corrected chi connectivity index (χ1v) is 8.64. The van der Waals surface area contributed by atoms with Crippen molar-refractivity contribution in [3.05, 3.63) is 0 Å². The van der Waals surface area contributed by atoms with Crippen LogP contribution in [0.3, 0.4) is 0 Å². The fourth-order valence-corrected chi connectivity index (χ4v) is 4.42. The molecule has 0 aromatic heterocycles. The van der Waals surface area contributed by atoms with Crippen LogP contribution in [0.2, 0.25) is 0 Å². The predicted octanol–water partition coefficient (Wildman–Crippen LogP) is 0.164. The van der Waals surface area contributed by atoms with Crippen LogP contribution in [0.15, 0.2) is 0 Å². The van der Waals surface area contributed by atoms with E-state index in [1.54, 1.807) is 6.92 Å². The van der Waals surface area contributed by atoms with Gasteiger partial charge in [0.05, 0.1) is 11.5 Å². The molecule has 2 unspecified atom stereocenters. The molecule has 114 valence electrons. The fraction of sp³-hybridized carbons (Fsp3) is 0.833. The number of carboxylic acid groups (broad SMARTS) is 1. The van der Waals surface area contributed by atoms with E-state index < -0.39 is 27.9 Å². The Balaban J connectivity index is 2.12. The highest BCUT2D eigenvalue weighted by atomic mass is 32.2. The van der Waals surface area contributed by atoms with Crippen molar-refractivity contribution in [2.24, 2.45) is 0 Å². The highest BCUT2D eigenvalue weighted by Crippen LogP contribution is 2.21. The minimum absolute atomic E-state index is 0.0470. The summed E-state index contributed by atoms with van der Waals surface area (Å²) in [7, 11) is -3.09. The Morgan fingerprint density at radius 3 is 2.45 bits per heavy atom. The minimum atomic E-state index is -3.09. The van der Waals surface area contributed by atoms with E-state index >= 15 is 0 Å². The summed E-state index contributed by atoms with van der Waals surface area (Å²) in [6.45, 7) is 2.26. The summed E-state index contributed by atoms with van der Waals surface area (Å²) in [5, 5.41) is 9.20. The van der Waals surface area contributed by atoms with Crippen molar-refractivity contribution in [1.82, 2.24) is 9.80 Å². The van der Waals surface area contributed by atoms with Crippen molar-refractivity contribution >= 4 is 21.8 Å². The number of piperidine rings is 1. The summed E-state index contributed by atoms with van der Waals surface area (Å²) in [5.74, 6) is -1.09. The van der Waals surface area contributed by atoms with Gasteiger partial charge in [0.25, 0.3) is 0 Å². The Bertz CT molecular complexity index is 504. The molecule has 2 heterocycles. The second-order valence-corrected chi connectivity index (χ2v) is 7.71. The van der Waals surface area contributed by atoms with E-state index in [1.807, 2.05) is 0 Å². The van der Waals surface area contributed by atoms with Crippen molar-refractivity contribution < 1.29 is 23.1 Å². The lowest BCUT2D eigenvalue weighted by atomic mass is 10.0. The molecule has 0 saturated carbocycles. The van der Waals surface area contributed by atoms with Gasteiger partial charge in [0.2, 0.25) is 0 Å². The number of rotatable bonds is 1. The van der Waals surface area contributed by atoms with E-state index in [1.165, 1.54) is 9.80 Å². The SMILES string of the molecule is CC1CS(=O)(=O)CCN1C(=O)N1CCCCC1C(=O)O. The number of sulfone groups is 1. The lowest BCUT2D eigenvalue weighted by molar-refractivity contribution is -0.143. The van der Waals surface area contributed by atoms with Gasteiger partial charge in [-0.2, -0.15) is 0 Å². The van der Waals surface area contributed by atoms with Crippen LogP contribution < -0.4 is 0 Å². The van der Waals surface area contributed by atoms with Gasteiger partial charge in [-0.3, -0.25) is 0 Å². The summed E-state index contributed by atoms with van der Waals surface area (Å²) in [5.41, 5.74) is 0. The maximum absolute atomic E-state index is 12.5. The second-order valence-electron chi connectivity index (χ2n) is 5.48. The third-order valence-corrected chi connectivity index (χ3v) is 5.74. The molecule has 0 radical (unpaired) electrons. The van der Waals surface area contributed by atoms with Gasteiger partial charge in [0.1, 0.15) is 6.04 Å². The van der Waals surface area contributed by atoms with Crippen LogP contribution in [0.25, 0.3) is 0 Å². The molecule has 2 fully saturated rings. The van der Waals surface area contributed by atoms with Crippen molar-refractivity contribution in [2.45, 2.75) is 38.3 Å². The van der Waals surface area contributed by atoms with E-state index in [0.29, 0.717) is 13.0 Å². The molecule has 2 saturated heterocycles. The Labute approximate surface area is 118 Å². The van der Waals surface area contributed by atoms with E-state index in [0.717, 1.165) is 12.8 Å². The zero-order chi connectivity index (χ0) is 14.9. The zero-order valence-electron chi connectivity index (χ0n) is 11.5. The molecule has 2 rings (SSSR count). The maximum Gasteiger partial charge on any atom is 0.326 e. The standard InChI is InChI=1S/C12H20N2O5S/c1-9-8-20(18,19)7-6-13(9)12(17)14-5-3-2-4-10(14)11(15)16/h9-10H,2-8H2,1H3,(H,15,16). The van der Waals surface area contributed by atoms with Gasteiger partial charge in [-0.1, -0.05) is 0 Å². The average Bonchev–Trinajstić information content (AvgIpc) is 2.37. The molecule has 2 atom stereocenters. The minimum Gasteiger partial charge on any atom is -0.480 e. The van der Waals surface area contributed by atoms with Gasteiger partial charge >= 0.3 is 12.0 Å². The van der Waals surface area contributed by atoms with Gasteiger partial charge in [-0.25, -0.2) is 18.0 Å². The number of hydrogen-bond acceptors (Lipinski definition) is 4. The zero-order valence-corrected chi connectivity index (χ0v) is 12.3. The van der Waals surface area contributed by atoms with Crippen molar-refractivity contribution in [2.75, 3.05) is 24.6 Å². The molecule has 0 spiro atoms. The van der Waals surface area contributed by atoms with Crippen LogP contribution in [0.4, 0.5) is 4.79 Å². The first kappa shape index (κ1) is 15.1. The van der Waals surface area contributed by atoms with E-state index in [9.17, 15) is 23.1 Å². The van der Waals surface area contributed by atoms with E-state index in [-0.39, 0.29) is 24.1 Å². The molecule has 1 N–H and O–H groups in total. The predicted molar refractivity (Wildman–Crippen MR) is 72.2 cm³/mol. The van der Waals surface area contributed by atoms with Crippen molar-refractivity contribution in [3.8, 4) is 0 Å². The molecule has 2 aliphatic heterocycles.